The van der Waals surface area contributed by atoms with Crippen LogP contribution in [0.15, 0.2) is 29.8 Å². The molecule has 1 fully saturated rings. The van der Waals surface area contributed by atoms with Gasteiger partial charge in [0.25, 0.3) is 0 Å². The molecule has 3 rings (SSSR count). The minimum absolute atomic E-state index is 0.971. The maximum Gasteiger partial charge on any atom is 0.0289 e. The Kier molecular flexibility index (Phi) is 2.44. The highest BCUT2D eigenvalue weighted by molar-refractivity contribution is 9.08. The Hall–Kier alpha value is -0.560. The lowest BCUT2D eigenvalue weighted by atomic mass is 9.91. The van der Waals surface area contributed by atoms with Crippen LogP contribution < -0.4 is 0 Å². The third-order valence-electron chi connectivity index (χ3n) is 3.80. The predicted octanol–water partition coefficient (Wildman–Crippen LogP) is 4.54. The maximum atomic E-state index is 3.59. The molecule has 1 atom stereocenters. The van der Waals surface area contributed by atoms with Crippen molar-refractivity contribution < 1.29 is 0 Å². The summed E-state index contributed by atoms with van der Waals surface area (Å²) in [5, 5.41) is 0.977. The fourth-order valence-corrected chi connectivity index (χ4v) is 3.53. The Bertz CT molecular complexity index is 417. The summed E-state index contributed by atoms with van der Waals surface area (Å²) in [6, 6.07) is 8.84. The standard InChI is InChI=1S/C14H15Br/c15-9-12-3-1-2-4-13(12)14-8-10-5-6-11(14)7-10/h1-4,10H,5-9H2. The van der Waals surface area contributed by atoms with Crippen LogP contribution in [0.4, 0.5) is 0 Å². The summed E-state index contributed by atoms with van der Waals surface area (Å²) < 4.78 is 0. The van der Waals surface area contributed by atoms with E-state index < -0.39 is 0 Å². The monoisotopic (exact) mass is 262 g/mol. The first-order valence-corrected chi connectivity index (χ1v) is 6.86. The molecule has 0 aromatic heterocycles. The number of allylic oxidation sites excluding steroid dienone is 2. The molecule has 1 saturated carbocycles. The SMILES string of the molecule is BrCc1ccccc1C1=C2CCC(C2)C1. The summed E-state index contributed by atoms with van der Waals surface area (Å²) in [6.45, 7) is 0. The average Bonchev–Trinajstić information content (AvgIpc) is 2.90. The lowest BCUT2D eigenvalue weighted by Crippen LogP contribution is -1.96. The largest absolute Gasteiger partial charge is 0.0876 e. The molecule has 0 spiro atoms. The maximum absolute atomic E-state index is 3.59. The van der Waals surface area contributed by atoms with E-state index >= 15 is 0 Å². The van der Waals surface area contributed by atoms with E-state index in [1.165, 1.54) is 36.8 Å². The highest BCUT2D eigenvalue weighted by atomic mass is 79.9. The van der Waals surface area contributed by atoms with Crippen LogP contribution >= 0.6 is 15.9 Å². The second-order valence-corrected chi connectivity index (χ2v) is 5.25. The van der Waals surface area contributed by atoms with Crippen LogP contribution in [0.2, 0.25) is 0 Å². The first-order chi connectivity index (χ1) is 7.38. The van der Waals surface area contributed by atoms with Gasteiger partial charge in [-0.2, -0.15) is 0 Å². The predicted molar refractivity (Wildman–Crippen MR) is 68.0 cm³/mol. The molecule has 2 aliphatic rings. The van der Waals surface area contributed by atoms with Crippen LogP contribution in [-0.2, 0) is 5.33 Å². The molecule has 0 nitrogen and oxygen atoms in total. The van der Waals surface area contributed by atoms with E-state index in [0.717, 1.165) is 11.2 Å². The van der Waals surface area contributed by atoms with Crippen molar-refractivity contribution in [1.82, 2.24) is 0 Å². The summed E-state index contributed by atoms with van der Waals surface area (Å²) in [6.07, 6.45) is 5.51. The third kappa shape index (κ3) is 1.57. The van der Waals surface area contributed by atoms with Crippen LogP contribution in [0.1, 0.15) is 36.8 Å². The molecule has 1 aromatic rings. The minimum Gasteiger partial charge on any atom is -0.0876 e. The number of fused-ring (bicyclic) bond motifs is 2. The van der Waals surface area contributed by atoms with E-state index in [1.54, 1.807) is 11.1 Å². The molecule has 78 valence electrons. The number of hydrogen-bond acceptors (Lipinski definition) is 0. The Labute approximate surface area is 99.5 Å². The molecule has 1 aromatic carbocycles. The lowest BCUT2D eigenvalue weighted by Gasteiger charge is -2.15. The van der Waals surface area contributed by atoms with E-state index in [-0.39, 0.29) is 0 Å². The van der Waals surface area contributed by atoms with Gasteiger partial charge in [-0.15, -0.1) is 0 Å². The molecule has 0 heterocycles. The number of alkyl halides is 1. The molecule has 15 heavy (non-hydrogen) atoms. The van der Waals surface area contributed by atoms with Gasteiger partial charge in [-0.25, -0.2) is 0 Å². The summed E-state index contributed by atoms with van der Waals surface area (Å²) in [7, 11) is 0. The molecule has 0 radical (unpaired) electrons. The topological polar surface area (TPSA) is 0 Å². The van der Waals surface area contributed by atoms with Crippen molar-refractivity contribution in [1.29, 1.82) is 0 Å². The molecule has 0 saturated heterocycles. The molecular formula is C14H15Br. The lowest BCUT2D eigenvalue weighted by molar-refractivity contribution is 0.582. The number of rotatable bonds is 2. The smallest absolute Gasteiger partial charge is 0.0289 e. The number of halogens is 1. The van der Waals surface area contributed by atoms with Crippen molar-refractivity contribution in [3.8, 4) is 0 Å². The van der Waals surface area contributed by atoms with E-state index in [2.05, 4.69) is 40.2 Å². The van der Waals surface area contributed by atoms with E-state index in [9.17, 15) is 0 Å². The fraction of sp³-hybridized carbons (Fsp3) is 0.429. The van der Waals surface area contributed by atoms with E-state index in [1.807, 2.05) is 0 Å². The molecule has 0 aliphatic heterocycles. The van der Waals surface area contributed by atoms with Gasteiger partial charge < -0.3 is 0 Å². The van der Waals surface area contributed by atoms with Crippen LogP contribution in [0.3, 0.4) is 0 Å². The van der Waals surface area contributed by atoms with Gasteiger partial charge in [0, 0.05) is 5.33 Å². The van der Waals surface area contributed by atoms with Crippen molar-refractivity contribution in [2.45, 2.75) is 31.0 Å². The van der Waals surface area contributed by atoms with Gasteiger partial charge in [-0.3, -0.25) is 0 Å². The van der Waals surface area contributed by atoms with Gasteiger partial charge in [0.2, 0.25) is 0 Å². The van der Waals surface area contributed by atoms with Gasteiger partial charge in [0.15, 0.2) is 0 Å². The third-order valence-corrected chi connectivity index (χ3v) is 4.40. The normalized spacial score (nSPS) is 23.9. The van der Waals surface area contributed by atoms with E-state index in [0.29, 0.717) is 0 Å². The van der Waals surface area contributed by atoms with E-state index in [4.69, 9.17) is 0 Å². The second-order valence-electron chi connectivity index (χ2n) is 4.69. The van der Waals surface area contributed by atoms with Gasteiger partial charge in [0.05, 0.1) is 0 Å². The summed E-state index contributed by atoms with van der Waals surface area (Å²) in [5.74, 6) is 0.971. The summed E-state index contributed by atoms with van der Waals surface area (Å²) in [5.41, 5.74) is 6.37. The second kappa shape index (κ2) is 3.79. The molecule has 0 N–H and O–H groups in total. The Morgan fingerprint density at radius 3 is 2.73 bits per heavy atom. The minimum atomic E-state index is 0.971. The zero-order valence-corrected chi connectivity index (χ0v) is 10.4. The molecular weight excluding hydrogens is 248 g/mol. The highest BCUT2D eigenvalue weighted by Crippen LogP contribution is 2.48. The first-order valence-electron chi connectivity index (χ1n) is 5.73. The molecule has 0 amide bonds. The van der Waals surface area contributed by atoms with Crippen LogP contribution in [0.5, 0.6) is 0 Å². The van der Waals surface area contributed by atoms with Gasteiger partial charge >= 0.3 is 0 Å². The van der Waals surface area contributed by atoms with Crippen molar-refractivity contribution in [2.75, 3.05) is 0 Å². The Morgan fingerprint density at radius 1 is 1.20 bits per heavy atom. The van der Waals surface area contributed by atoms with Crippen molar-refractivity contribution >= 4 is 21.5 Å². The zero-order chi connectivity index (χ0) is 10.3. The first kappa shape index (κ1) is 9.65. The Morgan fingerprint density at radius 2 is 2.07 bits per heavy atom. The van der Waals surface area contributed by atoms with Crippen molar-refractivity contribution in [2.24, 2.45) is 5.92 Å². The van der Waals surface area contributed by atoms with Gasteiger partial charge in [-0.05, 0) is 48.3 Å². The number of hydrogen-bond donors (Lipinski definition) is 0. The highest BCUT2D eigenvalue weighted by Gasteiger charge is 2.31. The zero-order valence-electron chi connectivity index (χ0n) is 8.80. The van der Waals surface area contributed by atoms with Gasteiger partial charge in [-0.1, -0.05) is 45.8 Å². The average molecular weight is 263 g/mol. The van der Waals surface area contributed by atoms with Crippen LogP contribution in [-0.4, -0.2) is 0 Å². The van der Waals surface area contributed by atoms with Gasteiger partial charge in [0.1, 0.15) is 0 Å². The molecule has 1 unspecified atom stereocenters. The van der Waals surface area contributed by atoms with Crippen molar-refractivity contribution in [3.05, 3.63) is 41.0 Å². The van der Waals surface area contributed by atoms with Crippen molar-refractivity contribution in [3.63, 3.8) is 0 Å². The number of benzene rings is 1. The molecule has 1 heteroatoms. The summed E-state index contributed by atoms with van der Waals surface area (Å²) >= 11 is 3.59. The summed E-state index contributed by atoms with van der Waals surface area (Å²) in [4.78, 5) is 0. The van der Waals surface area contributed by atoms with Crippen LogP contribution in [0.25, 0.3) is 5.57 Å². The molecule has 2 bridgehead atoms. The quantitative estimate of drug-likeness (QED) is 0.687. The Balaban J connectivity index is 2.06. The van der Waals surface area contributed by atoms with Crippen LogP contribution in [0, 0.1) is 5.92 Å². The molecule has 2 aliphatic carbocycles. The fourth-order valence-electron chi connectivity index (χ4n) is 3.04.